The van der Waals surface area contributed by atoms with Crippen LogP contribution in [0.3, 0.4) is 0 Å². The van der Waals surface area contributed by atoms with E-state index in [0.29, 0.717) is 5.92 Å². The summed E-state index contributed by atoms with van der Waals surface area (Å²) in [6.07, 6.45) is 9.92. The molecule has 2 aliphatic rings. The second kappa shape index (κ2) is 5.23. The van der Waals surface area contributed by atoms with Crippen molar-refractivity contribution in [1.82, 2.24) is 19.3 Å². The number of nitrogens with one attached hydrogen (secondary N) is 1. The van der Waals surface area contributed by atoms with Gasteiger partial charge in [0, 0.05) is 42.1 Å². The molecule has 1 aliphatic heterocycles. The van der Waals surface area contributed by atoms with Crippen LogP contribution in [0.5, 0.6) is 0 Å². The lowest BCUT2D eigenvalue weighted by molar-refractivity contribution is 0.0543. The number of amides is 1. The van der Waals surface area contributed by atoms with Crippen LogP contribution < -0.4 is 0 Å². The number of imidazole rings is 1. The van der Waals surface area contributed by atoms with Crippen molar-refractivity contribution in [3.05, 3.63) is 59.9 Å². The normalized spacial score (nSPS) is 23.1. The third-order valence-corrected chi connectivity index (χ3v) is 5.58. The Kier molecular flexibility index (Phi) is 3.01. The average molecular weight is 320 g/mol. The second-order valence-corrected chi connectivity index (χ2v) is 6.88. The van der Waals surface area contributed by atoms with E-state index in [-0.39, 0.29) is 11.9 Å². The zero-order chi connectivity index (χ0) is 16.1. The van der Waals surface area contributed by atoms with Crippen molar-refractivity contribution in [3.63, 3.8) is 0 Å². The Morgan fingerprint density at radius 1 is 1.29 bits per heavy atom. The number of pyridine rings is 1. The van der Waals surface area contributed by atoms with Gasteiger partial charge in [0.15, 0.2) is 0 Å². The molecule has 1 amide bonds. The predicted molar refractivity (Wildman–Crippen MR) is 91.1 cm³/mol. The van der Waals surface area contributed by atoms with Crippen LogP contribution in [-0.2, 0) is 6.42 Å². The number of fused-ring (bicyclic) bond motifs is 4. The standard InChI is InChI=1S/C19H20N4O/c24-19(13-10-14-4-1-2-8-22(14)11-13)23-9-3-5-15-17(23)7-6-16-18(15)21-12-20-16/h1-2,4,8,10-12,15,17H,3,5-7,9H2,(H,20,21). The number of aryl methyl sites for hydroxylation is 1. The molecule has 122 valence electrons. The minimum absolute atomic E-state index is 0.160. The predicted octanol–water partition coefficient (Wildman–Crippen LogP) is 3.00. The van der Waals surface area contributed by atoms with Gasteiger partial charge in [-0.2, -0.15) is 0 Å². The summed E-state index contributed by atoms with van der Waals surface area (Å²) in [5.74, 6) is 0.544. The highest BCUT2D eigenvalue weighted by molar-refractivity contribution is 5.96. The van der Waals surface area contributed by atoms with Gasteiger partial charge in [0.05, 0.1) is 17.6 Å². The maximum absolute atomic E-state index is 13.2. The number of aromatic nitrogens is 3. The summed E-state index contributed by atoms with van der Waals surface area (Å²) >= 11 is 0. The molecule has 2 unspecified atom stereocenters. The van der Waals surface area contributed by atoms with Crippen molar-refractivity contribution in [2.75, 3.05) is 6.54 Å². The summed E-state index contributed by atoms with van der Waals surface area (Å²) in [6, 6.07) is 8.30. The molecule has 0 bridgehead atoms. The molecule has 0 spiro atoms. The lowest BCUT2D eigenvalue weighted by Gasteiger charge is -2.43. The molecule has 5 rings (SSSR count). The number of likely N-dealkylation sites (tertiary alicyclic amines) is 1. The fourth-order valence-electron chi connectivity index (χ4n) is 4.47. The quantitative estimate of drug-likeness (QED) is 0.749. The van der Waals surface area contributed by atoms with Crippen LogP contribution in [0.1, 0.15) is 46.9 Å². The van der Waals surface area contributed by atoms with E-state index in [9.17, 15) is 4.79 Å². The van der Waals surface area contributed by atoms with Crippen molar-refractivity contribution in [3.8, 4) is 0 Å². The molecule has 1 aliphatic carbocycles. The van der Waals surface area contributed by atoms with Crippen molar-refractivity contribution in [2.24, 2.45) is 0 Å². The van der Waals surface area contributed by atoms with Gasteiger partial charge >= 0.3 is 0 Å². The van der Waals surface area contributed by atoms with E-state index in [1.807, 2.05) is 41.1 Å². The topological polar surface area (TPSA) is 53.4 Å². The Morgan fingerprint density at radius 3 is 3.17 bits per heavy atom. The molecule has 5 heteroatoms. The van der Waals surface area contributed by atoms with Crippen LogP contribution in [0, 0.1) is 0 Å². The van der Waals surface area contributed by atoms with Gasteiger partial charge in [0.1, 0.15) is 0 Å². The number of hydrogen-bond acceptors (Lipinski definition) is 2. The van der Waals surface area contributed by atoms with Crippen molar-refractivity contribution in [1.29, 1.82) is 0 Å². The molecule has 5 nitrogen and oxygen atoms in total. The number of piperidine rings is 1. The van der Waals surface area contributed by atoms with Crippen LogP contribution in [0.25, 0.3) is 5.52 Å². The largest absolute Gasteiger partial charge is 0.348 e. The fraction of sp³-hybridized carbons (Fsp3) is 0.368. The summed E-state index contributed by atoms with van der Waals surface area (Å²) in [6.45, 7) is 0.853. The molecule has 1 fully saturated rings. The van der Waals surface area contributed by atoms with Gasteiger partial charge in [0.25, 0.3) is 5.91 Å². The smallest absolute Gasteiger partial charge is 0.255 e. The van der Waals surface area contributed by atoms with E-state index in [4.69, 9.17) is 0 Å². The lowest BCUT2D eigenvalue weighted by Crippen LogP contribution is -2.49. The van der Waals surface area contributed by atoms with E-state index in [0.717, 1.165) is 43.3 Å². The van der Waals surface area contributed by atoms with Gasteiger partial charge in [-0.25, -0.2) is 4.98 Å². The molecule has 1 N–H and O–H groups in total. The molecule has 3 aromatic heterocycles. The van der Waals surface area contributed by atoms with Gasteiger partial charge in [-0.05, 0) is 43.9 Å². The van der Waals surface area contributed by atoms with Gasteiger partial charge in [-0.1, -0.05) is 6.07 Å². The van der Waals surface area contributed by atoms with Crippen LogP contribution in [0.15, 0.2) is 43.0 Å². The minimum Gasteiger partial charge on any atom is -0.348 e. The number of rotatable bonds is 1. The summed E-state index contributed by atoms with van der Waals surface area (Å²) in [7, 11) is 0. The van der Waals surface area contributed by atoms with Gasteiger partial charge in [-0.15, -0.1) is 0 Å². The molecule has 4 heterocycles. The molecule has 0 saturated carbocycles. The lowest BCUT2D eigenvalue weighted by atomic mass is 9.78. The Hall–Kier alpha value is -2.56. The van der Waals surface area contributed by atoms with E-state index in [2.05, 4.69) is 14.9 Å². The number of carbonyl (C=O) groups excluding carboxylic acids is 1. The summed E-state index contributed by atoms with van der Waals surface area (Å²) < 4.78 is 2.02. The first kappa shape index (κ1) is 13.8. The Bertz CT molecular complexity index is 876. The molecule has 0 radical (unpaired) electrons. The molecular formula is C19H20N4O. The zero-order valence-corrected chi connectivity index (χ0v) is 13.5. The SMILES string of the molecule is O=C(c1cc2ccccn2c1)N1CCCC2c3nc[nH]c3CCC21. The number of hydrogen-bond donors (Lipinski definition) is 1. The molecule has 24 heavy (non-hydrogen) atoms. The molecule has 0 aromatic carbocycles. The summed E-state index contributed by atoms with van der Waals surface area (Å²) in [5, 5.41) is 0. The first-order chi connectivity index (χ1) is 11.8. The molecule has 2 atom stereocenters. The van der Waals surface area contributed by atoms with Gasteiger partial charge in [-0.3, -0.25) is 4.79 Å². The van der Waals surface area contributed by atoms with Gasteiger partial charge < -0.3 is 14.3 Å². The van der Waals surface area contributed by atoms with Crippen molar-refractivity contribution in [2.45, 2.75) is 37.6 Å². The minimum atomic E-state index is 0.160. The highest BCUT2D eigenvalue weighted by Crippen LogP contribution is 2.39. The number of nitrogens with zero attached hydrogens (tertiary/aromatic N) is 3. The third kappa shape index (κ3) is 2.00. The van der Waals surface area contributed by atoms with E-state index >= 15 is 0 Å². The second-order valence-electron chi connectivity index (χ2n) is 6.88. The maximum Gasteiger partial charge on any atom is 0.255 e. The molecule has 3 aromatic rings. The zero-order valence-electron chi connectivity index (χ0n) is 13.5. The molecule has 1 saturated heterocycles. The van der Waals surface area contributed by atoms with E-state index < -0.39 is 0 Å². The van der Waals surface area contributed by atoms with Crippen LogP contribution in [-0.4, -0.2) is 37.8 Å². The number of H-pyrrole nitrogens is 1. The fourth-order valence-corrected chi connectivity index (χ4v) is 4.47. The highest BCUT2D eigenvalue weighted by Gasteiger charge is 2.40. The first-order valence-electron chi connectivity index (χ1n) is 8.71. The molecular weight excluding hydrogens is 300 g/mol. The van der Waals surface area contributed by atoms with Crippen molar-refractivity contribution >= 4 is 11.4 Å². The maximum atomic E-state index is 13.2. The van der Waals surface area contributed by atoms with Crippen molar-refractivity contribution < 1.29 is 4.79 Å². The van der Waals surface area contributed by atoms with E-state index in [1.54, 1.807) is 6.33 Å². The highest BCUT2D eigenvalue weighted by atomic mass is 16.2. The Labute approximate surface area is 140 Å². The Morgan fingerprint density at radius 2 is 2.25 bits per heavy atom. The average Bonchev–Trinajstić information content (AvgIpc) is 3.27. The van der Waals surface area contributed by atoms with E-state index in [1.165, 1.54) is 11.4 Å². The van der Waals surface area contributed by atoms with Crippen LogP contribution >= 0.6 is 0 Å². The summed E-state index contributed by atoms with van der Waals surface area (Å²) in [5.41, 5.74) is 4.30. The number of carbonyl (C=O) groups is 1. The third-order valence-electron chi connectivity index (χ3n) is 5.58. The van der Waals surface area contributed by atoms with Crippen LogP contribution in [0.4, 0.5) is 0 Å². The summed E-state index contributed by atoms with van der Waals surface area (Å²) in [4.78, 5) is 23.1. The first-order valence-corrected chi connectivity index (χ1v) is 8.71. The van der Waals surface area contributed by atoms with Gasteiger partial charge in [0.2, 0.25) is 0 Å². The monoisotopic (exact) mass is 320 g/mol. The Balaban J connectivity index is 1.48. The van der Waals surface area contributed by atoms with Crippen LogP contribution in [0.2, 0.25) is 0 Å². The number of aromatic amines is 1.